The van der Waals surface area contributed by atoms with Crippen molar-refractivity contribution in [2.24, 2.45) is 0 Å². The fourth-order valence-electron chi connectivity index (χ4n) is 3.27. The molecule has 1 nitrogen and oxygen atoms in total. The summed E-state index contributed by atoms with van der Waals surface area (Å²) >= 11 is 0. The first-order valence-electron chi connectivity index (χ1n) is 6.03. The molecule has 2 atom stereocenters. The van der Waals surface area contributed by atoms with Gasteiger partial charge in [0.05, 0.1) is 0 Å². The van der Waals surface area contributed by atoms with Crippen LogP contribution in [0.4, 0.5) is 0 Å². The summed E-state index contributed by atoms with van der Waals surface area (Å²) in [4.78, 5) is 0. The molecule has 3 aromatic carbocycles. The maximum Gasteiger partial charge on any atom is 0.114 e. The van der Waals surface area contributed by atoms with Gasteiger partial charge in [0.2, 0.25) is 0 Å². The summed E-state index contributed by atoms with van der Waals surface area (Å²) in [5, 5.41) is 5.50. The number of rotatable bonds is 0. The highest BCUT2D eigenvalue weighted by atomic mass is 16.6. The number of ether oxygens (including phenoxy) is 1. The van der Waals surface area contributed by atoms with Crippen LogP contribution in [0.3, 0.4) is 0 Å². The smallest absolute Gasteiger partial charge is 0.114 e. The Labute approximate surface area is 98.6 Å². The molecule has 0 saturated carbocycles. The van der Waals surface area contributed by atoms with Gasteiger partial charge in [-0.05, 0) is 38.7 Å². The summed E-state index contributed by atoms with van der Waals surface area (Å²) in [5.41, 5.74) is 2.77. The standard InChI is InChI=1S/C16H10O/c1-2-5-10-9(4-1)8-13-14-11(10)6-3-7-12(14)15-16(13)17-15/h1-8,15-16H. The minimum Gasteiger partial charge on any atom is -0.359 e. The van der Waals surface area contributed by atoms with Crippen LogP contribution in [0.5, 0.6) is 0 Å². The van der Waals surface area contributed by atoms with Crippen LogP contribution in [0, 0.1) is 0 Å². The summed E-state index contributed by atoms with van der Waals surface area (Å²) < 4.78 is 5.72. The highest BCUT2D eigenvalue weighted by Crippen LogP contribution is 2.60. The normalized spacial score (nSPS) is 24.2. The molecule has 1 heteroatoms. The Kier molecular flexibility index (Phi) is 1.22. The first-order valence-corrected chi connectivity index (χ1v) is 6.03. The van der Waals surface area contributed by atoms with E-state index in [0.29, 0.717) is 12.2 Å². The number of fused-ring (bicyclic) bond motifs is 5. The molecule has 1 aliphatic heterocycles. The van der Waals surface area contributed by atoms with Crippen LogP contribution in [0.1, 0.15) is 23.3 Å². The van der Waals surface area contributed by atoms with Crippen LogP contribution in [0.15, 0.2) is 48.5 Å². The second kappa shape index (κ2) is 2.52. The topological polar surface area (TPSA) is 12.5 Å². The molecule has 0 spiro atoms. The van der Waals surface area contributed by atoms with Gasteiger partial charge < -0.3 is 4.74 Å². The lowest BCUT2D eigenvalue weighted by Crippen LogP contribution is -1.85. The zero-order chi connectivity index (χ0) is 11.0. The molecule has 3 aromatic rings. The number of benzene rings is 3. The van der Waals surface area contributed by atoms with Crippen molar-refractivity contribution >= 4 is 21.5 Å². The van der Waals surface area contributed by atoms with Crippen molar-refractivity contribution in [2.75, 3.05) is 0 Å². The van der Waals surface area contributed by atoms with E-state index in [4.69, 9.17) is 4.74 Å². The van der Waals surface area contributed by atoms with Crippen LogP contribution >= 0.6 is 0 Å². The van der Waals surface area contributed by atoms with Crippen LogP contribution in [-0.2, 0) is 4.74 Å². The SMILES string of the molecule is c1ccc2c(c1)cc1c3c(cccc32)C2OC12. The second-order valence-corrected chi connectivity index (χ2v) is 4.93. The first kappa shape index (κ1) is 8.26. The summed E-state index contributed by atoms with van der Waals surface area (Å²) in [7, 11) is 0. The van der Waals surface area contributed by atoms with Gasteiger partial charge in [0, 0.05) is 0 Å². The lowest BCUT2D eigenvalue weighted by Gasteiger charge is -2.08. The Morgan fingerprint density at radius 3 is 2.59 bits per heavy atom. The van der Waals surface area contributed by atoms with Gasteiger partial charge in [-0.1, -0.05) is 42.5 Å². The van der Waals surface area contributed by atoms with Gasteiger partial charge >= 0.3 is 0 Å². The molecule has 5 rings (SSSR count). The Hall–Kier alpha value is -1.86. The summed E-state index contributed by atoms with van der Waals surface area (Å²) in [6.07, 6.45) is 0.671. The lowest BCUT2D eigenvalue weighted by atomic mass is 9.97. The zero-order valence-electron chi connectivity index (χ0n) is 9.18. The zero-order valence-corrected chi connectivity index (χ0v) is 9.18. The molecule has 0 N–H and O–H groups in total. The summed E-state index contributed by atoms with van der Waals surface area (Å²) in [5.74, 6) is 0. The van der Waals surface area contributed by atoms with Crippen molar-refractivity contribution in [3.63, 3.8) is 0 Å². The van der Waals surface area contributed by atoms with E-state index in [1.165, 1.54) is 32.7 Å². The second-order valence-electron chi connectivity index (χ2n) is 4.93. The van der Waals surface area contributed by atoms with Crippen molar-refractivity contribution in [1.29, 1.82) is 0 Å². The van der Waals surface area contributed by atoms with Gasteiger partial charge in [-0.15, -0.1) is 0 Å². The van der Waals surface area contributed by atoms with Gasteiger partial charge in [0.25, 0.3) is 0 Å². The molecule has 0 bridgehead atoms. The van der Waals surface area contributed by atoms with Gasteiger partial charge in [-0.3, -0.25) is 0 Å². The molecule has 1 heterocycles. The highest BCUT2D eigenvalue weighted by Gasteiger charge is 2.48. The van der Waals surface area contributed by atoms with Crippen LogP contribution in [0.25, 0.3) is 21.5 Å². The van der Waals surface area contributed by atoms with Crippen LogP contribution < -0.4 is 0 Å². The van der Waals surface area contributed by atoms with E-state index in [2.05, 4.69) is 48.5 Å². The molecule has 1 saturated heterocycles. The average molecular weight is 218 g/mol. The number of hydrogen-bond donors (Lipinski definition) is 0. The Morgan fingerprint density at radius 2 is 1.59 bits per heavy atom. The molecule has 1 aliphatic carbocycles. The molecular formula is C16H10O. The molecule has 0 amide bonds. The third-order valence-corrected chi connectivity index (χ3v) is 4.05. The summed E-state index contributed by atoms with van der Waals surface area (Å²) in [6.45, 7) is 0. The molecular weight excluding hydrogens is 208 g/mol. The molecule has 1 fully saturated rings. The van der Waals surface area contributed by atoms with Gasteiger partial charge in [0.1, 0.15) is 12.2 Å². The Bertz CT molecular complexity index is 788. The molecule has 0 radical (unpaired) electrons. The van der Waals surface area contributed by atoms with Gasteiger partial charge in [-0.2, -0.15) is 0 Å². The van der Waals surface area contributed by atoms with E-state index >= 15 is 0 Å². The minimum absolute atomic E-state index is 0.333. The molecule has 17 heavy (non-hydrogen) atoms. The van der Waals surface area contributed by atoms with E-state index in [9.17, 15) is 0 Å². The first-order chi connectivity index (χ1) is 8.43. The minimum atomic E-state index is 0.333. The Morgan fingerprint density at radius 1 is 0.765 bits per heavy atom. The third kappa shape index (κ3) is 0.863. The predicted molar refractivity (Wildman–Crippen MR) is 68.0 cm³/mol. The molecule has 2 aliphatic rings. The molecule has 2 unspecified atom stereocenters. The van der Waals surface area contributed by atoms with Crippen molar-refractivity contribution in [3.8, 4) is 0 Å². The Balaban J connectivity index is 2.12. The van der Waals surface area contributed by atoms with Crippen molar-refractivity contribution in [2.45, 2.75) is 12.2 Å². The van der Waals surface area contributed by atoms with Crippen molar-refractivity contribution in [3.05, 3.63) is 59.7 Å². The molecule has 80 valence electrons. The average Bonchev–Trinajstić information content (AvgIpc) is 3.12. The highest BCUT2D eigenvalue weighted by molar-refractivity contribution is 6.11. The lowest BCUT2D eigenvalue weighted by molar-refractivity contribution is 0.374. The number of epoxide rings is 1. The third-order valence-electron chi connectivity index (χ3n) is 4.05. The quantitative estimate of drug-likeness (QED) is 0.408. The van der Waals surface area contributed by atoms with Crippen LogP contribution in [-0.4, -0.2) is 0 Å². The summed E-state index contributed by atoms with van der Waals surface area (Å²) in [6, 6.07) is 17.5. The molecule has 0 aromatic heterocycles. The largest absolute Gasteiger partial charge is 0.359 e. The fraction of sp³-hybridized carbons (Fsp3) is 0.125. The maximum absolute atomic E-state index is 5.72. The van der Waals surface area contributed by atoms with Crippen LogP contribution in [0.2, 0.25) is 0 Å². The van der Waals surface area contributed by atoms with E-state index in [1.54, 1.807) is 0 Å². The van der Waals surface area contributed by atoms with E-state index < -0.39 is 0 Å². The van der Waals surface area contributed by atoms with E-state index in [0.717, 1.165) is 0 Å². The van der Waals surface area contributed by atoms with E-state index in [1.807, 2.05) is 0 Å². The van der Waals surface area contributed by atoms with Gasteiger partial charge in [-0.25, -0.2) is 0 Å². The predicted octanol–water partition coefficient (Wildman–Crippen LogP) is 4.12. The van der Waals surface area contributed by atoms with Crippen molar-refractivity contribution in [1.82, 2.24) is 0 Å². The fourth-order valence-corrected chi connectivity index (χ4v) is 3.27. The number of hydrogen-bond acceptors (Lipinski definition) is 1. The van der Waals surface area contributed by atoms with Gasteiger partial charge in [0.15, 0.2) is 0 Å². The van der Waals surface area contributed by atoms with Crippen molar-refractivity contribution < 1.29 is 4.74 Å². The van der Waals surface area contributed by atoms with E-state index in [-0.39, 0.29) is 0 Å². The maximum atomic E-state index is 5.72. The monoisotopic (exact) mass is 218 g/mol.